The van der Waals surface area contributed by atoms with E-state index in [1.54, 1.807) is 0 Å². The third-order valence-corrected chi connectivity index (χ3v) is 3.27. The highest BCUT2D eigenvalue weighted by molar-refractivity contribution is 5.30. The summed E-state index contributed by atoms with van der Waals surface area (Å²) < 4.78 is 5.65. The largest absolute Gasteiger partial charge is 0.494 e. The normalized spacial score (nSPS) is 14.2. The Morgan fingerprint density at radius 2 is 2.11 bits per heavy atom. The first-order valence-corrected chi connectivity index (χ1v) is 6.90. The molecule has 3 heteroatoms. The number of ether oxygens (including phenoxy) is 1. The fourth-order valence-electron chi connectivity index (χ4n) is 1.91. The molecule has 0 bridgehead atoms. The summed E-state index contributed by atoms with van der Waals surface area (Å²) in [7, 11) is 0. The van der Waals surface area contributed by atoms with E-state index in [0.29, 0.717) is 5.92 Å². The van der Waals surface area contributed by atoms with Gasteiger partial charge in [0.1, 0.15) is 5.75 Å². The molecule has 0 saturated carbocycles. The van der Waals surface area contributed by atoms with E-state index in [1.807, 2.05) is 12.1 Å². The minimum atomic E-state index is 0.199. The maximum Gasteiger partial charge on any atom is 0.119 e. The van der Waals surface area contributed by atoms with E-state index in [-0.39, 0.29) is 6.04 Å². The minimum absolute atomic E-state index is 0.199. The molecular weight excluding hydrogens is 224 g/mol. The van der Waals surface area contributed by atoms with Crippen molar-refractivity contribution in [1.82, 2.24) is 5.43 Å². The van der Waals surface area contributed by atoms with Crippen LogP contribution < -0.4 is 16.0 Å². The summed E-state index contributed by atoms with van der Waals surface area (Å²) in [6.07, 6.45) is 3.24. The van der Waals surface area contributed by atoms with Gasteiger partial charge in [0, 0.05) is 6.04 Å². The SMILES string of the molecule is CCCOc1cccc(C(CC(C)CC)NN)c1. The van der Waals surface area contributed by atoms with Crippen LogP contribution in [-0.2, 0) is 0 Å². The zero-order chi connectivity index (χ0) is 13.4. The van der Waals surface area contributed by atoms with E-state index in [1.165, 1.54) is 12.0 Å². The molecule has 1 aromatic carbocycles. The Kier molecular flexibility index (Phi) is 6.76. The second kappa shape index (κ2) is 8.11. The lowest BCUT2D eigenvalue weighted by Crippen LogP contribution is -2.29. The average molecular weight is 250 g/mol. The van der Waals surface area contributed by atoms with Gasteiger partial charge < -0.3 is 4.74 Å². The van der Waals surface area contributed by atoms with Crippen LogP contribution in [0.4, 0.5) is 0 Å². The van der Waals surface area contributed by atoms with Gasteiger partial charge in [0.05, 0.1) is 6.61 Å². The van der Waals surface area contributed by atoms with Crippen LogP contribution in [0.25, 0.3) is 0 Å². The Bertz CT molecular complexity index is 341. The molecule has 0 heterocycles. The van der Waals surface area contributed by atoms with Crippen LogP contribution in [0.1, 0.15) is 51.6 Å². The van der Waals surface area contributed by atoms with Crippen LogP contribution in [0.15, 0.2) is 24.3 Å². The fraction of sp³-hybridized carbons (Fsp3) is 0.600. The highest BCUT2D eigenvalue weighted by Gasteiger charge is 2.13. The summed E-state index contributed by atoms with van der Waals surface area (Å²) in [5.41, 5.74) is 4.11. The van der Waals surface area contributed by atoms with Crippen molar-refractivity contribution in [2.24, 2.45) is 11.8 Å². The molecular formula is C15H26N2O. The predicted octanol–water partition coefficient (Wildman–Crippen LogP) is 3.42. The maximum absolute atomic E-state index is 5.67. The summed E-state index contributed by atoms with van der Waals surface area (Å²) in [4.78, 5) is 0. The molecule has 0 spiro atoms. The third kappa shape index (κ3) is 4.67. The standard InChI is InChI=1S/C15H26N2O/c1-4-9-18-14-8-6-7-13(11-14)15(17-16)10-12(3)5-2/h6-8,11-12,15,17H,4-5,9-10,16H2,1-3H3. The van der Waals surface area contributed by atoms with Gasteiger partial charge >= 0.3 is 0 Å². The van der Waals surface area contributed by atoms with Gasteiger partial charge in [0.25, 0.3) is 0 Å². The molecule has 3 nitrogen and oxygen atoms in total. The molecule has 0 aliphatic heterocycles. The molecule has 2 atom stereocenters. The third-order valence-electron chi connectivity index (χ3n) is 3.27. The van der Waals surface area contributed by atoms with Crippen molar-refractivity contribution in [3.8, 4) is 5.75 Å². The predicted molar refractivity (Wildman–Crippen MR) is 76.4 cm³/mol. The van der Waals surface area contributed by atoms with Crippen LogP contribution in [0.5, 0.6) is 5.75 Å². The topological polar surface area (TPSA) is 47.3 Å². The van der Waals surface area contributed by atoms with E-state index in [2.05, 4.69) is 38.3 Å². The molecule has 3 N–H and O–H groups in total. The van der Waals surface area contributed by atoms with Gasteiger partial charge in [0.15, 0.2) is 0 Å². The monoisotopic (exact) mass is 250 g/mol. The highest BCUT2D eigenvalue weighted by Crippen LogP contribution is 2.25. The first-order chi connectivity index (χ1) is 8.71. The van der Waals surface area contributed by atoms with Gasteiger partial charge in [0.2, 0.25) is 0 Å². The Hall–Kier alpha value is -1.06. The van der Waals surface area contributed by atoms with Crippen LogP contribution >= 0.6 is 0 Å². The van der Waals surface area contributed by atoms with Crippen LogP contribution in [0.3, 0.4) is 0 Å². The molecule has 0 aliphatic carbocycles. The summed E-state index contributed by atoms with van der Waals surface area (Å²) in [6, 6.07) is 8.41. The molecule has 1 rings (SSSR count). The maximum atomic E-state index is 5.67. The smallest absolute Gasteiger partial charge is 0.119 e. The zero-order valence-corrected chi connectivity index (χ0v) is 11.8. The number of benzene rings is 1. The molecule has 18 heavy (non-hydrogen) atoms. The van der Waals surface area contributed by atoms with E-state index in [9.17, 15) is 0 Å². The summed E-state index contributed by atoms with van der Waals surface area (Å²) in [5, 5.41) is 0. The lowest BCUT2D eigenvalue weighted by molar-refractivity contribution is 0.316. The van der Waals surface area contributed by atoms with Gasteiger partial charge in [-0.2, -0.15) is 0 Å². The number of nitrogens with one attached hydrogen (secondary N) is 1. The van der Waals surface area contributed by atoms with E-state index >= 15 is 0 Å². The van der Waals surface area contributed by atoms with Gasteiger partial charge in [-0.05, 0) is 36.5 Å². The number of rotatable bonds is 8. The number of hydrazine groups is 1. The van der Waals surface area contributed by atoms with E-state index in [4.69, 9.17) is 10.6 Å². The molecule has 2 unspecified atom stereocenters. The molecule has 0 fully saturated rings. The number of nitrogens with two attached hydrogens (primary N) is 1. The van der Waals surface area contributed by atoms with Crippen LogP contribution in [-0.4, -0.2) is 6.61 Å². The van der Waals surface area contributed by atoms with Crippen molar-refractivity contribution in [2.75, 3.05) is 6.61 Å². The molecule has 0 amide bonds. The Labute approximate surface area is 111 Å². The van der Waals surface area contributed by atoms with Crippen LogP contribution in [0, 0.1) is 5.92 Å². The van der Waals surface area contributed by atoms with Crippen molar-refractivity contribution >= 4 is 0 Å². The highest BCUT2D eigenvalue weighted by atomic mass is 16.5. The summed E-state index contributed by atoms with van der Waals surface area (Å²) in [6.45, 7) is 7.33. The summed E-state index contributed by atoms with van der Waals surface area (Å²) >= 11 is 0. The van der Waals surface area contributed by atoms with E-state index in [0.717, 1.165) is 25.2 Å². The zero-order valence-electron chi connectivity index (χ0n) is 11.8. The van der Waals surface area contributed by atoms with Gasteiger partial charge in [-0.15, -0.1) is 0 Å². The van der Waals surface area contributed by atoms with Crippen molar-refractivity contribution in [3.63, 3.8) is 0 Å². The lowest BCUT2D eigenvalue weighted by atomic mass is 9.94. The Balaban J connectivity index is 2.72. The fourth-order valence-corrected chi connectivity index (χ4v) is 1.91. The van der Waals surface area contributed by atoms with Gasteiger partial charge in [-0.3, -0.25) is 11.3 Å². The van der Waals surface area contributed by atoms with Gasteiger partial charge in [-0.1, -0.05) is 39.3 Å². The number of hydrogen-bond acceptors (Lipinski definition) is 3. The van der Waals surface area contributed by atoms with Crippen molar-refractivity contribution in [3.05, 3.63) is 29.8 Å². The molecule has 0 aliphatic rings. The lowest BCUT2D eigenvalue weighted by Gasteiger charge is -2.20. The molecule has 1 aromatic rings. The number of hydrogen-bond donors (Lipinski definition) is 2. The van der Waals surface area contributed by atoms with Crippen LogP contribution in [0.2, 0.25) is 0 Å². The molecule has 0 saturated heterocycles. The molecule has 102 valence electrons. The van der Waals surface area contributed by atoms with Gasteiger partial charge in [-0.25, -0.2) is 0 Å². The Morgan fingerprint density at radius 3 is 2.72 bits per heavy atom. The second-order valence-corrected chi connectivity index (χ2v) is 4.89. The van der Waals surface area contributed by atoms with Crippen molar-refractivity contribution in [2.45, 2.75) is 46.1 Å². The molecule has 0 radical (unpaired) electrons. The Morgan fingerprint density at radius 1 is 1.33 bits per heavy atom. The second-order valence-electron chi connectivity index (χ2n) is 4.89. The molecule has 0 aromatic heterocycles. The van der Waals surface area contributed by atoms with Crippen molar-refractivity contribution in [1.29, 1.82) is 0 Å². The first kappa shape index (κ1) is 15.0. The average Bonchev–Trinajstić information content (AvgIpc) is 2.42. The summed E-state index contributed by atoms with van der Waals surface area (Å²) in [5.74, 6) is 7.26. The van der Waals surface area contributed by atoms with E-state index < -0.39 is 0 Å². The quantitative estimate of drug-likeness (QED) is 0.549. The first-order valence-electron chi connectivity index (χ1n) is 6.90. The minimum Gasteiger partial charge on any atom is -0.494 e. The van der Waals surface area contributed by atoms with Crippen molar-refractivity contribution < 1.29 is 4.74 Å².